The van der Waals surface area contributed by atoms with E-state index in [1.54, 1.807) is 6.07 Å². The van der Waals surface area contributed by atoms with E-state index in [4.69, 9.17) is 16.7 Å². The Morgan fingerprint density at radius 1 is 1.48 bits per heavy atom. The Morgan fingerprint density at radius 2 is 2.19 bits per heavy atom. The average Bonchev–Trinajstić information content (AvgIpc) is 2.42. The quantitative estimate of drug-likeness (QED) is 0.716. The number of nitrogens with zero attached hydrogens (tertiary/aromatic N) is 1. The number of rotatable bonds is 8. The van der Waals surface area contributed by atoms with Crippen molar-refractivity contribution in [1.29, 1.82) is 0 Å². The van der Waals surface area contributed by atoms with Crippen molar-refractivity contribution in [2.75, 3.05) is 12.0 Å². The molecule has 7 heteroatoms. The lowest BCUT2D eigenvalue weighted by atomic mass is 10.1. The van der Waals surface area contributed by atoms with Gasteiger partial charge in [-0.1, -0.05) is 24.9 Å². The molecule has 116 valence electrons. The number of nitrogens with one attached hydrogen (secondary N) is 1. The summed E-state index contributed by atoms with van der Waals surface area (Å²) < 4.78 is 0. The highest BCUT2D eigenvalue weighted by Crippen LogP contribution is 2.13. The molecule has 21 heavy (non-hydrogen) atoms. The molecule has 1 rings (SSSR count). The van der Waals surface area contributed by atoms with Crippen molar-refractivity contribution >= 4 is 35.2 Å². The second kappa shape index (κ2) is 8.89. The predicted octanol–water partition coefficient (Wildman–Crippen LogP) is 2.62. The van der Waals surface area contributed by atoms with Crippen molar-refractivity contribution in [1.82, 2.24) is 10.3 Å². The van der Waals surface area contributed by atoms with Crippen LogP contribution in [0.1, 0.15) is 35.8 Å². The molecule has 1 amide bonds. The lowest BCUT2D eigenvalue weighted by Gasteiger charge is -2.14. The van der Waals surface area contributed by atoms with Crippen LogP contribution in [0.4, 0.5) is 0 Å². The van der Waals surface area contributed by atoms with Crippen molar-refractivity contribution in [3.63, 3.8) is 0 Å². The zero-order valence-corrected chi connectivity index (χ0v) is 13.6. The molecule has 2 N–H and O–H groups in total. The summed E-state index contributed by atoms with van der Waals surface area (Å²) in [7, 11) is 0. The summed E-state index contributed by atoms with van der Waals surface area (Å²) in [5.41, 5.74) is 1.07. The monoisotopic (exact) mass is 330 g/mol. The molecule has 0 fully saturated rings. The van der Waals surface area contributed by atoms with E-state index in [-0.39, 0.29) is 5.15 Å². The number of thioether (sulfide) groups is 1. The first-order chi connectivity index (χ1) is 9.97. The van der Waals surface area contributed by atoms with E-state index in [1.165, 1.54) is 17.8 Å². The Kier molecular flexibility index (Phi) is 7.53. The number of hydrogen-bond donors (Lipinski definition) is 2. The van der Waals surface area contributed by atoms with Gasteiger partial charge in [0.1, 0.15) is 11.2 Å². The average molecular weight is 331 g/mol. The molecule has 1 atom stereocenters. The summed E-state index contributed by atoms with van der Waals surface area (Å²) in [5.74, 6) is -0.813. The molecule has 0 spiro atoms. The van der Waals surface area contributed by atoms with Crippen molar-refractivity contribution in [3.8, 4) is 0 Å². The van der Waals surface area contributed by atoms with Gasteiger partial charge in [0.15, 0.2) is 0 Å². The number of amides is 1. The molecule has 1 aromatic heterocycles. The largest absolute Gasteiger partial charge is 0.480 e. The lowest BCUT2D eigenvalue weighted by molar-refractivity contribution is -0.139. The van der Waals surface area contributed by atoms with Crippen LogP contribution in [-0.4, -0.2) is 40.0 Å². The van der Waals surface area contributed by atoms with Gasteiger partial charge < -0.3 is 10.4 Å². The molecule has 0 aliphatic carbocycles. The minimum absolute atomic E-state index is 0.238. The summed E-state index contributed by atoms with van der Waals surface area (Å²) in [6.07, 6.45) is 3.87. The van der Waals surface area contributed by atoms with Crippen LogP contribution < -0.4 is 5.32 Å². The number of aryl methyl sites for hydroxylation is 1. The maximum absolute atomic E-state index is 12.2. The zero-order chi connectivity index (χ0) is 15.8. The van der Waals surface area contributed by atoms with Gasteiger partial charge in [0.2, 0.25) is 0 Å². The van der Waals surface area contributed by atoms with Crippen LogP contribution >= 0.6 is 23.4 Å². The van der Waals surface area contributed by atoms with E-state index in [2.05, 4.69) is 10.3 Å². The van der Waals surface area contributed by atoms with Crippen LogP contribution in [0.25, 0.3) is 0 Å². The van der Waals surface area contributed by atoms with Gasteiger partial charge in [0.25, 0.3) is 5.91 Å². The van der Waals surface area contributed by atoms with E-state index < -0.39 is 17.9 Å². The minimum Gasteiger partial charge on any atom is -0.480 e. The molecule has 0 unspecified atom stereocenters. The van der Waals surface area contributed by atoms with E-state index in [0.29, 0.717) is 17.7 Å². The van der Waals surface area contributed by atoms with Gasteiger partial charge in [-0.15, -0.1) is 0 Å². The molecule has 0 aromatic carbocycles. The lowest BCUT2D eigenvalue weighted by Crippen LogP contribution is -2.41. The predicted molar refractivity (Wildman–Crippen MR) is 85.1 cm³/mol. The van der Waals surface area contributed by atoms with Gasteiger partial charge in [-0.3, -0.25) is 4.79 Å². The zero-order valence-electron chi connectivity index (χ0n) is 12.1. The number of carbonyl (C=O) groups is 2. The number of hydrogen-bond acceptors (Lipinski definition) is 4. The maximum atomic E-state index is 12.2. The molecular weight excluding hydrogens is 312 g/mol. The summed E-state index contributed by atoms with van der Waals surface area (Å²) in [6.45, 7) is 2.01. The Hall–Kier alpha value is -1.27. The molecule has 0 saturated heterocycles. The van der Waals surface area contributed by atoms with Crippen molar-refractivity contribution in [3.05, 3.63) is 28.5 Å². The Morgan fingerprint density at radius 3 is 2.76 bits per heavy atom. The number of pyridine rings is 1. The fourth-order valence-electron chi connectivity index (χ4n) is 1.80. The van der Waals surface area contributed by atoms with Crippen LogP contribution in [0.2, 0.25) is 5.15 Å². The first kappa shape index (κ1) is 17.8. The van der Waals surface area contributed by atoms with E-state index in [0.717, 1.165) is 18.5 Å². The van der Waals surface area contributed by atoms with Crippen molar-refractivity contribution in [2.45, 2.75) is 32.2 Å². The molecule has 1 heterocycles. The second-order valence-corrected chi connectivity index (χ2v) is 5.94. The van der Waals surface area contributed by atoms with Crippen molar-refractivity contribution in [2.24, 2.45) is 0 Å². The fraction of sp³-hybridized carbons (Fsp3) is 0.500. The normalized spacial score (nSPS) is 12.0. The SMILES string of the molecule is CCCc1cc(C(=O)N[C@@H](CCSC)C(=O)O)cc(Cl)n1. The number of carboxylic acids is 1. The Labute approximate surface area is 133 Å². The Bertz CT molecular complexity index is 511. The molecule has 0 saturated carbocycles. The number of halogens is 1. The second-order valence-electron chi connectivity index (χ2n) is 4.57. The minimum atomic E-state index is -1.04. The van der Waals surface area contributed by atoms with Gasteiger partial charge in [0.05, 0.1) is 0 Å². The molecule has 0 aliphatic heterocycles. The standard InChI is InChI=1S/C14H19ClN2O3S/c1-3-4-10-7-9(8-12(15)16-10)13(18)17-11(14(19)20)5-6-21-2/h7-8,11H,3-6H2,1-2H3,(H,17,18)(H,19,20)/t11-/m0/s1. The number of aliphatic carboxylic acids is 1. The van der Waals surface area contributed by atoms with Gasteiger partial charge in [-0.25, -0.2) is 9.78 Å². The topological polar surface area (TPSA) is 79.3 Å². The summed E-state index contributed by atoms with van der Waals surface area (Å²) >= 11 is 7.44. The molecule has 1 aromatic rings. The third-order valence-corrected chi connectivity index (χ3v) is 3.67. The van der Waals surface area contributed by atoms with Gasteiger partial charge >= 0.3 is 5.97 Å². The van der Waals surface area contributed by atoms with E-state index in [1.807, 2.05) is 13.2 Å². The highest BCUT2D eigenvalue weighted by Gasteiger charge is 2.20. The van der Waals surface area contributed by atoms with E-state index >= 15 is 0 Å². The van der Waals surface area contributed by atoms with Crippen LogP contribution in [0.15, 0.2) is 12.1 Å². The van der Waals surface area contributed by atoms with Crippen molar-refractivity contribution < 1.29 is 14.7 Å². The summed E-state index contributed by atoms with van der Waals surface area (Å²) in [4.78, 5) is 27.4. The third kappa shape index (κ3) is 5.93. The van der Waals surface area contributed by atoms with E-state index in [9.17, 15) is 9.59 Å². The van der Waals surface area contributed by atoms with Crippen LogP contribution in [0, 0.1) is 0 Å². The highest BCUT2D eigenvalue weighted by molar-refractivity contribution is 7.98. The fourth-order valence-corrected chi connectivity index (χ4v) is 2.50. The number of carboxylic acid groups (broad SMARTS) is 1. The first-order valence-corrected chi connectivity index (χ1v) is 8.44. The van der Waals surface area contributed by atoms with Crippen LogP contribution in [0.3, 0.4) is 0 Å². The smallest absolute Gasteiger partial charge is 0.326 e. The van der Waals surface area contributed by atoms with Gasteiger partial charge in [-0.2, -0.15) is 11.8 Å². The van der Waals surface area contributed by atoms with Crippen LogP contribution in [-0.2, 0) is 11.2 Å². The number of carbonyl (C=O) groups excluding carboxylic acids is 1. The van der Waals surface area contributed by atoms with Crippen LogP contribution in [0.5, 0.6) is 0 Å². The molecular formula is C14H19ClN2O3S. The summed E-state index contributed by atoms with van der Waals surface area (Å²) in [6, 6.07) is 2.20. The Balaban J connectivity index is 2.84. The highest BCUT2D eigenvalue weighted by atomic mass is 35.5. The van der Waals surface area contributed by atoms with Gasteiger partial charge in [0, 0.05) is 11.3 Å². The van der Waals surface area contributed by atoms with Gasteiger partial charge in [-0.05, 0) is 37.0 Å². The molecule has 0 radical (unpaired) electrons. The third-order valence-electron chi connectivity index (χ3n) is 2.83. The maximum Gasteiger partial charge on any atom is 0.326 e. The first-order valence-electron chi connectivity index (χ1n) is 6.67. The number of aromatic nitrogens is 1. The summed E-state index contributed by atoms with van der Waals surface area (Å²) in [5, 5.41) is 11.9. The molecule has 0 aliphatic rings. The molecule has 5 nitrogen and oxygen atoms in total. The molecule has 0 bridgehead atoms.